The number of hydrogen-bond acceptors (Lipinski definition) is 6. The van der Waals surface area contributed by atoms with Gasteiger partial charge in [-0.15, -0.1) is 10.2 Å². The van der Waals surface area contributed by atoms with Gasteiger partial charge in [0.15, 0.2) is 11.0 Å². The summed E-state index contributed by atoms with van der Waals surface area (Å²) in [4.78, 5) is 10.5. The van der Waals surface area contributed by atoms with Crippen molar-refractivity contribution >= 4 is 17.4 Å². The van der Waals surface area contributed by atoms with Crippen LogP contribution in [0.25, 0.3) is 11.4 Å². The Labute approximate surface area is 155 Å². The summed E-state index contributed by atoms with van der Waals surface area (Å²) >= 11 is 1.50. The van der Waals surface area contributed by atoms with E-state index in [0.29, 0.717) is 12.3 Å². The molecular formula is C18H18N4O3S. The first-order valence-corrected chi connectivity index (χ1v) is 9.05. The molecule has 0 saturated carbocycles. The molecule has 7 nitrogen and oxygen atoms in total. The van der Waals surface area contributed by atoms with Gasteiger partial charge in [0.2, 0.25) is 0 Å². The molecule has 0 N–H and O–H groups in total. The summed E-state index contributed by atoms with van der Waals surface area (Å²) in [5.74, 6) is 2.06. The molecule has 0 atom stereocenters. The molecule has 0 amide bonds. The molecule has 0 fully saturated rings. The number of aromatic nitrogens is 3. The van der Waals surface area contributed by atoms with Crippen molar-refractivity contribution in [1.29, 1.82) is 0 Å². The van der Waals surface area contributed by atoms with E-state index in [2.05, 4.69) is 10.2 Å². The number of benzene rings is 2. The molecule has 3 aromatic rings. The number of thioether (sulfide) groups is 1. The lowest BCUT2D eigenvalue weighted by atomic mass is 10.2. The predicted molar refractivity (Wildman–Crippen MR) is 100 cm³/mol. The molecule has 8 heteroatoms. The van der Waals surface area contributed by atoms with Gasteiger partial charge >= 0.3 is 0 Å². The zero-order valence-corrected chi connectivity index (χ0v) is 15.3. The minimum Gasteiger partial charge on any atom is -0.496 e. The van der Waals surface area contributed by atoms with Gasteiger partial charge < -0.3 is 9.30 Å². The average Bonchev–Trinajstić information content (AvgIpc) is 3.09. The maximum absolute atomic E-state index is 10.9. The van der Waals surface area contributed by atoms with Crippen molar-refractivity contribution in [3.05, 3.63) is 64.2 Å². The number of hydrogen-bond donors (Lipinski definition) is 0. The fourth-order valence-electron chi connectivity index (χ4n) is 2.62. The predicted octanol–water partition coefficient (Wildman–Crippen LogP) is 4.17. The maximum atomic E-state index is 10.9. The number of nitrogens with zero attached hydrogens (tertiary/aromatic N) is 4. The van der Waals surface area contributed by atoms with Crippen LogP contribution in [0.1, 0.15) is 12.5 Å². The minimum absolute atomic E-state index is 0.0924. The first-order valence-electron chi connectivity index (χ1n) is 8.06. The van der Waals surface area contributed by atoms with E-state index in [-0.39, 0.29) is 10.6 Å². The highest BCUT2D eigenvalue weighted by Gasteiger charge is 2.16. The number of methoxy groups -OCH3 is 1. The van der Waals surface area contributed by atoms with Crippen molar-refractivity contribution in [3.63, 3.8) is 0 Å². The Morgan fingerprint density at radius 1 is 1.19 bits per heavy atom. The SMILES string of the molecule is CCn1c(SCc2cccc([N+](=O)[O-])c2)nnc1-c1ccccc1OC. The summed E-state index contributed by atoms with van der Waals surface area (Å²) in [6, 6.07) is 14.3. The zero-order valence-electron chi connectivity index (χ0n) is 14.5. The van der Waals surface area contributed by atoms with E-state index in [4.69, 9.17) is 4.74 Å². The van der Waals surface area contributed by atoms with Gasteiger partial charge in [0, 0.05) is 24.4 Å². The van der Waals surface area contributed by atoms with Crippen LogP contribution in [0.4, 0.5) is 5.69 Å². The Morgan fingerprint density at radius 2 is 2.00 bits per heavy atom. The van der Waals surface area contributed by atoms with Crippen LogP contribution >= 0.6 is 11.8 Å². The normalized spacial score (nSPS) is 10.7. The number of ether oxygens (including phenoxy) is 1. The molecule has 26 heavy (non-hydrogen) atoms. The summed E-state index contributed by atoms with van der Waals surface area (Å²) in [7, 11) is 1.63. The van der Waals surface area contributed by atoms with Crippen LogP contribution in [0, 0.1) is 10.1 Å². The quantitative estimate of drug-likeness (QED) is 0.352. The molecule has 3 rings (SSSR count). The van der Waals surface area contributed by atoms with Crippen LogP contribution in [-0.2, 0) is 12.3 Å². The van der Waals surface area contributed by atoms with E-state index >= 15 is 0 Å². The lowest BCUT2D eigenvalue weighted by Gasteiger charge is -2.10. The smallest absolute Gasteiger partial charge is 0.269 e. The molecule has 0 radical (unpaired) electrons. The monoisotopic (exact) mass is 370 g/mol. The second kappa shape index (κ2) is 8.01. The number of nitro benzene ring substituents is 1. The summed E-state index contributed by atoms with van der Waals surface area (Å²) in [6.07, 6.45) is 0. The standard InChI is InChI=1S/C18H18N4O3S/c1-3-21-17(15-9-4-5-10-16(15)25-2)19-20-18(21)26-12-13-7-6-8-14(11-13)22(23)24/h4-11H,3,12H2,1-2H3. The minimum atomic E-state index is -0.386. The Kier molecular flexibility index (Phi) is 5.52. The zero-order chi connectivity index (χ0) is 18.5. The van der Waals surface area contributed by atoms with E-state index in [1.807, 2.05) is 41.8 Å². The number of para-hydroxylation sites is 1. The van der Waals surface area contributed by atoms with Gasteiger partial charge in [-0.25, -0.2) is 0 Å². The Hall–Kier alpha value is -2.87. The third kappa shape index (κ3) is 3.70. The van der Waals surface area contributed by atoms with Gasteiger partial charge in [-0.3, -0.25) is 10.1 Å². The van der Waals surface area contributed by atoms with Crippen LogP contribution in [0.3, 0.4) is 0 Å². The van der Waals surface area contributed by atoms with E-state index in [9.17, 15) is 10.1 Å². The first kappa shape index (κ1) is 17.9. The van der Waals surface area contributed by atoms with Crippen molar-refractivity contribution in [1.82, 2.24) is 14.8 Å². The molecule has 0 unspecified atom stereocenters. The molecule has 0 bridgehead atoms. The number of rotatable bonds is 7. The second-order valence-electron chi connectivity index (χ2n) is 5.47. The van der Waals surface area contributed by atoms with Crippen molar-refractivity contribution in [3.8, 4) is 17.1 Å². The molecule has 1 aromatic heterocycles. The molecule has 0 saturated heterocycles. The summed E-state index contributed by atoms with van der Waals surface area (Å²) in [6.45, 7) is 2.73. The summed E-state index contributed by atoms with van der Waals surface area (Å²) < 4.78 is 7.44. The van der Waals surface area contributed by atoms with Crippen molar-refractivity contribution in [2.45, 2.75) is 24.4 Å². The van der Waals surface area contributed by atoms with Gasteiger partial charge in [-0.05, 0) is 24.6 Å². The van der Waals surface area contributed by atoms with Gasteiger partial charge in [0.25, 0.3) is 5.69 Å². The number of non-ortho nitro benzene ring substituents is 1. The fraction of sp³-hybridized carbons (Fsp3) is 0.222. The van der Waals surface area contributed by atoms with Crippen LogP contribution in [0.5, 0.6) is 5.75 Å². The van der Waals surface area contributed by atoms with Gasteiger partial charge in [0.1, 0.15) is 5.75 Å². The molecule has 2 aromatic carbocycles. The number of nitro groups is 1. The van der Waals surface area contributed by atoms with Crippen LogP contribution in [0.15, 0.2) is 53.7 Å². The molecule has 134 valence electrons. The Balaban J connectivity index is 1.85. The van der Waals surface area contributed by atoms with Crippen molar-refractivity contribution < 1.29 is 9.66 Å². The Bertz CT molecular complexity index is 926. The van der Waals surface area contributed by atoms with E-state index in [0.717, 1.165) is 27.9 Å². The lowest BCUT2D eigenvalue weighted by Crippen LogP contribution is -2.01. The highest BCUT2D eigenvalue weighted by atomic mass is 32.2. The molecule has 1 heterocycles. The van der Waals surface area contributed by atoms with Gasteiger partial charge in [-0.1, -0.05) is 36.0 Å². The van der Waals surface area contributed by atoms with Crippen molar-refractivity contribution in [2.75, 3.05) is 7.11 Å². The van der Waals surface area contributed by atoms with E-state index < -0.39 is 0 Å². The lowest BCUT2D eigenvalue weighted by molar-refractivity contribution is -0.384. The van der Waals surface area contributed by atoms with E-state index in [1.165, 1.54) is 17.8 Å². The molecule has 0 aliphatic rings. The summed E-state index contributed by atoms with van der Waals surface area (Å²) in [5, 5.41) is 20.3. The second-order valence-corrected chi connectivity index (χ2v) is 6.41. The first-order chi connectivity index (χ1) is 12.6. The highest BCUT2D eigenvalue weighted by molar-refractivity contribution is 7.98. The molecule has 0 aliphatic heterocycles. The topological polar surface area (TPSA) is 83.1 Å². The Morgan fingerprint density at radius 3 is 2.73 bits per heavy atom. The van der Waals surface area contributed by atoms with Crippen LogP contribution in [0.2, 0.25) is 0 Å². The average molecular weight is 370 g/mol. The van der Waals surface area contributed by atoms with E-state index in [1.54, 1.807) is 19.2 Å². The maximum Gasteiger partial charge on any atom is 0.269 e. The third-order valence-corrected chi connectivity index (χ3v) is 4.91. The van der Waals surface area contributed by atoms with Crippen molar-refractivity contribution in [2.24, 2.45) is 0 Å². The summed E-state index contributed by atoms with van der Waals surface area (Å²) in [5.41, 5.74) is 1.84. The molecule has 0 aliphatic carbocycles. The fourth-order valence-corrected chi connectivity index (χ4v) is 3.56. The highest BCUT2D eigenvalue weighted by Crippen LogP contribution is 2.31. The largest absolute Gasteiger partial charge is 0.496 e. The third-order valence-electron chi connectivity index (χ3n) is 3.87. The molecule has 0 spiro atoms. The van der Waals surface area contributed by atoms with Gasteiger partial charge in [0.05, 0.1) is 17.6 Å². The van der Waals surface area contributed by atoms with Crippen LogP contribution < -0.4 is 4.74 Å². The van der Waals surface area contributed by atoms with Crippen LogP contribution in [-0.4, -0.2) is 26.8 Å². The van der Waals surface area contributed by atoms with Gasteiger partial charge in [-0.2, -0.15) is 0 Å². The molecular weight excluding hydrogens is 352 g/mol.